The van der Waals surface area contributed by atoms with Gasteiger partial charge in [0, 0.05) is 44.7 Å². The molecule has 35 heavy (non-hydrogen) atoms. The number of carbonyl (C=O) groups excluding carboxylic acids is 4. The number of rotatable bonds is 2. The van der Waals surface area contributed by atoms with Gasteiger partial charge in [-0.3, -0.25) is 19.8 Å². The smallest absolute Gasteiger partial charge is 0.410 e. The van der Waals surface area contributed by atoms with Gasteiger partial charge in [0.05, 0.1) is 10.7 Å². The minimum Gasteiger partial charge on any atom is -0.444 e. The number of halogens is 1. The molecule has 3 fully saturated rings. The number of imide groups is 1. The maximum absolute atomic E-state index is 13.3. The van der Waals surface area contributed by atoms with Crippen molar-refractivity contribution in [3.8, 4) is 0 Å². The highest BCUT2D eigenvalue weighted by atomic mass is 35.5. The number of nitrogens with zero attached hydrogens (tertiary/aromatic N) is 3. The summed E-state index contributed by atoms with van der Waals surface area (Å²) < 4.78 is 5.50. The molecule has 0 bridgehead atoms. The lowest BCUT2D eigenvalue weighted by Gasteiger charge is -2.46. The summed E-state index contributed by atoms with van der Waals surface area (Å²) in [6.45, 7) is 8.45. The van der Waals surface area contributed by atoms with Gasteiger partial charge in [0.1, 0.15) is 5.60 Å². The van der Waals surface area contributed by atoms with E-state index in [1.165, 1.54) is 4.90 Å². The van der Waals surface area contributed by atoms with Crippen LogP contribution in [0.5, 0.6) is 0 Å². The fourth-order valence-electron chi connectivity index (χ4n) is 5.00. The van der Waals surface area contributed by atoms with Gasteiger partial charge in [-0.25, -0.2) is 9.59 Å². The summed E-state index contributed by atoms with van der Waals surface area (Å²) in [5, 5.41) is 2.63. The Balaban J connectivity index is 1.36. The summed E-state index contributed by atoms with van der Waals surface area (Å²) in [5.74, 6) is -0.425. The van der Waals surface area contributed by atoms with Crippen molar-refractivity contribution in [3.63, 3.8) is 0 Å². The first-order chi connectivity index (χ1) is 16.5. The molecule has 3 heterocycles. The molecule has 0 radical (unpaired) electrons. The molecule has 1 aromatic rings. The molecular formula is C25H33ClN4O5. The monoisotopic (exact) mass is 504 g/mol. The SMILES string of the molecule is CC(C)(C)OC(=O)N1CCC2(CC1)CCN(C(=O)c1ccc(Cl)c(N3CCC(=O)NC3=O)c1)CC2. The number of piperidine rings is 2. The Labute approximate surface area is 210 Å². The Morgan fingerprint density at radius 2 is 1.57 bits per heavy atom. The molecule has 3 aliphatic rings. The molecule has 1 spiro atoms. The Kier molecular flexibility index (Phi) is 6.99. The van der Waals surface area contributed by atoms with E-state index >= 15 is 0 Å². The minimum atomic E-state index is -0.537. The minimum absolute atomic E-state index is 0.0996. The number of hydrogen-bond donors (Lipinski definition) is 1. The quantitative estimate of drug-likeness (QED) is 0.655. The Morgan fingerprint density at radius 3 is 2.14 bits per heavy atom. The van der Waals surface area contributed by atoms with Crippen molar-refractivity contribution in [2.75, 3.05) is 37.6 Å². The lowest BCUT2D eigenvalue weighted by Crippen LogP contribution is -2.50. The van der Waals surface area contributed by atoms with E-state index in [9.17, 15) is 19.2 Å². The van der Waals surface area contributed by atoms with E-state index < -0.39 is 11.6 Å². The number of likely N-dealkylation sites (tertiary alicyclic amines) is 2. The van der Waals surface area contributed by atoms with E-state index in [4.69, 9.17) is 16.3 Å². The van der Waals surface area contributed by atoms with Gasteiger partial charge in [-0.05, 0) is 70.1 Å². The van der Waals surface area contributed by atoms with Crippen molar-refractivity contribution in [2.24, 2.45) is 5.41 Å². The van der Waals surface area contributed by atoms with Gasteiger partial charge < -0.3 is 14.5 Å². The zero-order valence-electron chi connectivity index (χ0n) is 20.6. The number of anilines is 1. The van der Waals surface area contributed by atoms with Crippen molar-refractivity contribution < 1.29 is 23.9 Å². The third-order valence-corrected chi connectivity index (χ3v) is 7.44. The Hall–Kier alpha value is -2.81. The van der Waals surface area contributed by atoms with Crippen LogP contribution in [0.15, 0.2) is 18.2 Å². The molecule has 0 unspecified atom stereocenters. The van der Waals surface area contributed by atoms with Crippen molar-refractivity contribution in [1.82, 2.24) is 15.1 Å². The molecule has 0 saturated carbocycles. The molecule has 0 atom stereocenters. The number of benzene rings is 1. The van der Waals surface area contributed by atoms with E-state index in [-0.39, 0.29) is 36.3 Å². The second-order valence-corrected chi connectivity index (χ2v) is 11.1. The van der Waals surface area contributed by atoms with Crippen LogP contribution in [0.4, 0.5) is 15.3 Å². The molecule has 10 heteroatoms. The molecule has 0 aliphatic carbocycles. The molecule has 1 aromatic carbocycles. The van der Waals surface area contributed by atoms with Gasteiger partial charge in [0.2, 0.25) is 5.91 Å². The maximum Gasteiger partial charge on any atom is 0.410 e. The van der Waals surface area contributed by atoms with Crippen LogP contribution < -0.4 is 10.2 Å². The number of nitrogens with one attached hydrogen (secondary N) is 1. The van der Waals surface area contributed by atoms with E-state index in [1.807, 2.05) is 25.7 Å². The topological polar surface area (TPSA) is 99.3 Å². The lowest BCUT2D eigenvalue weighted by molar-refractivity contribution is -0.120. The van der Waals surface area contributed by atoms with Crippen LogP contribution in [0.2, 0.25) is 5.02 Å². The predicted octanol–water partition coefficient (Wildman–Crippen LogP) is 4.04. The molecule has 9 nitrogen and oxygen atoms in total. The van der Waals surface area contributed by atoms with Crippen LogP contribution in [0, 0.1) is 5.41 Å². The zero-order valence-corrected chi connectivity index (χ0v) is 21.3. The number of amides is 5. The van der Waals surface area contributed by atoms with Crippen LogP contribution in [0.3, 0.4) is 0 Å². The molecule has 4 rings (SSSR count). The normalized spacial score (nSPS) is 20.6. The van der Waals surface area contributed by atoms with Crippen LogP contribution in [-0.2, 0) is 9.53 Å². The highest BCUT2D eigenvalue weighted by Crippen LogP contribution is 2.42. The fourth-order valence-corrected chi connectivity index (χ4v) is 5.22. The van der Waals surface area contributed by atoms with Gasteiger partial charge in [-0.1, -0.05) is 11.6 Å². The molecular weight excluding hydrogens is 472 g/mol. The third-order valence-electron chi connectivity index (χ3n) is 7.12. The van der Waals surface area contributed by atoms with E-state index in [0.29, 0.717) is 42.5 Å². The van der Waals surface area contributed by atoms with Gasteiger partial charge in [0.25, 0.3) is 5.91 Å². The van der Waals surface area contributed by atoms with Gasteiger partial charge >= 0.3 is 12.1 Å². The van der Waals surface area contributed by atoms with Gasteiger partial charge in [-0.2, -0.15) is 0 Å². The molecule has 1 N–H and O–H groups in total. The summed E-state index contributed by atoms with van der Waals surface area (Å²) >= 11 is 6.32. The summed E-state index contributed by atoms with van der Waals surface area (Å²) in [4.78, 5) is 54.4. The van der Waals surface area contributed by atoms with E-state index in [0.717, 1.165) is 25.7 Å². The maximum atomic E-state index is 13.3. The second-order valence-electron chi connectivity index (χ2n) is 10.7. The summed E-state index contributed by atoms with van der Waals surface area (Å²) in [5.41, 5.74) is 0.517. The van der Waals surface area contributed by atoms with Crippen LogP contribution in [0.25, 0.3) is 0 Å². The number of carbonyl (C=O) groups is 4. The second kappa shape index (κ2) is 9.68. The van der Waals surface area contributed by atoms with Crippen molar-refractivity contribution in [2.45, 2.75) is 58.5 Å². The predicted molar refractivity (Wildman–Crippen MR) is 132 cm³/mol. The van der Waals surface area contributed by atoms with E-state index in [1.54, 1.807) is 23.1 Å². The van der Waals surface area contributed by atoms with Crippen molar-refractivity contribution in [1.29, 1.82) is 0 Å². The highest BCUT2D eigenvalue weighted by molar-refractivity contribution is 6.34. The first kappa shape index (κ1) is 25.3. The Bertz CT molecular complexity index is 1020. The number of urea groups is 1. The Morgan fingerprint density at radius 1 is 0.971 bits per heavy atom. The molecule has 3 aliphatic heterocycles. The summed E-state index contributed by atoms with van der Waals surface area (Å²) in [7, 11) is 0. The van der Waals surface area contributed by atoms with Crippen molar-refractivity contribution >= 4 is 41.2 Å². The first-order valence-corrected chi connectivity index (χ1v) is 12.5. The van der Waals surface area contributed by atoms with Gasteiger partial charge in [-0.15, -0.1) is 0 Å². The van der Waals surface area contributed by atoms with Crippen LogP contribution in [-0.4, -0.2) is 72.1 Å². The highest BCUT2D eigenvalue weighted by Gasteiger charge is 2.40. The average Bonchev–Trinajstić information content (AvgIpc) is 2.79. The first-order valence-electron chi connectivity index (χ1n) is 12.1. The standard InChI is InChI=1S/C25H33ClN4O5/c1-24(2,3)35-23(34)29-14-9-25(10-15-29)7-12-28(13-8-25)21(32)17-4-5-18(26)19(16-17)30-11-6-20(31)27-22(30)33/h4-5,16H,6-15H2,1-3H3,(H,27,31,33). The zero-order chi connectivity index (χ0) is 25.4. The summed E-state index contributed by atoms with van der Waals surface area (Å²) in [6, 6.07) is 4.38. The molecule has 190 valence electrons. The lowest BCUT2D eigenvalue weighted by atomic mass is 9.71. The molecule has 3 saturated heterocycles. The fraction of sp³-hybridized carbons (Fsp3) is 0.600. The number of ether oxygens (including phenoxy) is 1. The average molecular weight is 505 g/mol. The number of hydrogen-bond acceptors (Lipinski definition) is 5. The van der Waals surface area contributed by atoms with Crippen molar-refractivity contribution in [3.05, 3.63) is 28.8 Å². The van der Waals surface area contributed by atoms with Crippen LogP contribution >= 0.6 is 11.6 Å². The summed E-state index contributed by atoms with van der Waals surface area (Å²) in [6.07, 6.45) is 3.50. The third kappa shape index (κ3) is 5.72. The van der Waals surface area contributed by atoms with E-state index in [2.05, 4.69) is 5.32 Å². The largest absolute Gasteiger partial charge is 0.444 e. The van der Waals surface area contributed by atoms with Crippen LogP contribution in [0.1, 0.15) is 63.2 Å². The van der Waals surface area contributed by atoms with Gasteiger partial charge in [0.15, 0.2) is 0 Å². The molecule has 0 aromatic heterocycles. The molecule has 5 amide bonds.